The van der Waals surface area contributed by atoms with Crippen LogP contribution in [0.1, 0.15) is 6.42 Å². The molecule has 5 nitrogen and oxygen atoms in total. The maximum absolute atomic E-state index is 12.7. The Hall–Kier alpha value is -1.66. The van der Waals surface area contributed by atoms with Crippen molar-refractivity contribution in [2.24, 2.45) is 0 Å². The van der Waals surface area contributed by atoms with Crippen LogP contribution in [0.3, 0.4) is 0 Å². The Morgan fingerprint density at radius 2 is 2.20 bits per heavy atom. The number of likely N-dealkylation sites (tertiary alicyclic amines) is 1. The Kier molecular flexibility index (Phi) is 5.31. The van der Waals surface area contributed by atoms with Gasteiger partial charge in [0.05, 0.1) is 19.2 Å². The summed E-state index contributed by atoms with van der Waals surface area (Å²) in [5.74, 6) is 0.184. The predicted molar refractivity (Wildman–Crippen MR) is 72.0 cm³/mol. The molecule has 0 spiro atoms. The van der Waals surface area contributed by atoms with E-state index in [4.69, 9.17) is 4.74 Å². The molecular weight excluding hydrogens is 263 g/mol. The topological polar surface area (TPSA) is 61.8 Å². The highest BCUT2D eigenvalue weighted by Gasteiger charge is 2.21. The number of amides is 1. The SMILES string of the molecule is O=C(CN1CC[C@@H](O)C1)NCCOc1ccc(F)cc1. The molecule has 1 saturated heterocycles. The standard InChI is InChI=1S/C14H19FN2O3/c15-11-1-3-13(4-2-11)20-8-6-16-14(19)10-17-7-5-12(18)9-17/h1-4,12,18H,5-10H2,(H,16,19)/t12-/m1/s1. The van der Waals surface area contributed by atoms with Crippen molar-refractivity contribution in [1.29, 1.82) is 0 Å². The molecule has 1 amide bonds. The maximum Gasteiger partial charge on any atom is 0.234 e. The minimum absolute atomic E-state index is 0.0817. The number of aliphatic hydroxyl groups excluding tert-OH is 1. The molecule has 0 saturated carbocycles. The maximum atomic E-state index is 12.7. The predicted octanol–water partition coefficient (Wildman–Crippen LogP) is 0.387. The van der Waals surface area contributed by atoms with E-state index in [-0.39, 0.29) is 17.8 Å². The molecule has 0 radical (unpaired) electrons. The minimum Gasteiger partial charge on any atom is -0.492 e. The number of hydrogen-bond acceptors (Lipinski definition) is 4. The highest BCUT2D eigenvalue weighted by molar-refractivity contribution is 5.78. The van der Waals surface area contributed by atoms with Gasteiger partial charge in [0.2, 0.25) is 5.91 Å². The van der Waals surface area contributed by atoms with E-state index in [9.17, 15) is 14.3 Å². The second-order valence-electron chi connectivity index (χ2n) is 4.83. The van der Waals surface area contributed by atoms with E-state index < -0.39 is 0 Å². The molecule has 0 aromatic heterocycles. The van der Waals surface area contributed by atoms with Gasteiger partial charge in [0.1, 0.15) is 18.2 Å². The van der Waals surface area contributed by atoms with E-state index in [1.807, 2.05) is 4.90 Å². The molecule has 110 valence electrons. The lowest BCUT2D eigenvalue weighted by atomic mass is 10.3. The fourth-order valence-corrected chi connectivity index (χ4v) is 2.10. The molecule has 0 aliphatic carbocycles. The third-order valence-electron chi connectivity index (χ3n) is 3.12. The summed E-state index contributed by atoms with van der Waals surface area (Å²) in [5.41, 5.74) is 0. The van der Waals surface area contributed by atoms with Crippen molar-refractivity contribution in [2.45, 2.75) is 12.5 Å². The summed E-state index contributed by atoms with van der Waals surface area (Å²) in [4.78, 5) is 13.5. The Morgan fingerprint density at radius 1 is 1.45 bits per heavy atom. The van der Waals surface area contributed by atoms with Crippen LogP contribution in [-0.4, -0.2) is 54.8 Å². The van der Waals surface area contributed by atoms with Crippen molar-refractivity contribution in [2.75, 3.05) is 32.8 Å². The van der Waals surface area contributed by atoms with Crippen molar-refractivity contribution in [3.05, 3.63) is 30.1 Å². The summed E-state index contributed by atoms with van der Waals surface area (Å²) in [6, 6.07) is 5.74. The molecule has 1 heterocycles. The summed E-state index contributed by atoms with van der Waals surface area (Å²) in [5, 5.41) is 12.1. The molecule has 0 unspecified atom stereocenters. The number of carbonyl (C=O) groups excluding carboxylic acids is 1. The third-order valence-corrected chi connectivity index (χ3v) is 3.12. The summed E-state index contributed by atoms with van der Waals surface area (Å²) in [7, 11) is 0. The van der Waals surface area contributed by atoms with Crippen molar-refractivity contribution in [3.63, 3.8) is 0 Å². The Bertz CT molecular complexity index is 439. The second kappa shape index (κ2) is 7.21. The van der Waals surface area contributed by atoms with Gasteiger partial charge in [-0.05, 0) is 30.7 Å². The molecule has 1 atom stereocenters. The third kappa shape index (κ3) is 4.79. The van der Waals surface area contributed by atoms with Gasteiger partial charge < -0.3 is 15.2 Å². The van der Waals surface area contributed by atoms with E-state index in [1.54, 1.807) is 12.1 Å². The summed E-state index contributed by atoms with van der Waals surface area (Å²) in [6.45, 7) is 2.33. The van der Waals surface area contributed by atoms with Crippen LogP contribution < -0.4 is 10.1 Å². The van der Waals surface area contributed by atoms with Crippen LogP contribution in [0.5, 0.6) is 5.75 Å². The van der Waals surface area contributed by atoms with Crippen molar-refractivity contribution in [3.8, 4) is 5.75 Å². The molecule has 2 rings (SSSR count). The van der Waals surface area contributed by atoms with Crippen LogP contribution in [0.15, 0.2) is 24.3 Å². The second-order valence-corrected chi connectivity index (χ2v) is 4.83. The molecule has 6 heteroatoms. The summed E-state index contributed by atoms with van der Waals surface area (Å²) >= 11 is 0. The molecule has 1 aliphatic heterocycles. The van der Waals surface area contributed by atoms with E-state index in [1.165, 1.54) is 12.1 Å². The Balaban J connectivity index is 1.58. The molecular formula is C14H19FN2O3. The van der Waals surface area contributed by atoms with E-state index >= 15 is 0 Å². The number of aliphatic hydroxyl groups is 1. The minimum atomic E-state index is -0.315. The summed E-state index contributed by atoms with van der Waals surface area (Å²) in [6.07, 6.45) is 0.408. The average molecular weight is 282 g/mol. The molecule has 20 heavy (non-hydrogen) atoms. The first-order chi connectivity index (χ1) is 9.63. The first-order valence-corrected chi connectivity index (χ1v) is 6.69. The lowest BCUT2D eigenvalue weighted by Crippen LogP contribution is -2.38. The number of carbonyl (C=O) groups is 1. The largest absolute Gasteiger partial charge is 0.492 e. The van der Waals surface area contributed by atoms with Gasteiger partial charge in [-0.25, -0.2) is 4.39 Å². The fourth-order valence-electron chi connectivity index (χ4n) is 2.10. The van der Waals surface area contributed by atoms with Crippen LogP contribution >= 0.6 is 0 Å². The average Bonchev–Trinajstić information content (AvgIpc) is 2.82. The molecule has 1 aromatic rings. The number of hydrogen-bond donors (Lipinski definition) is 2. The lowest BCUT2D eigenvalue weighted by Gasteiger charge is -2.14. The molecule has 1 fully saturated rings. The van der Waals surface area contributed by atoms with Crippen molar-refractivity contribution >= 4 is 5.91 Å². The quantitative estimate of drug-likeness (QED) is 0.741. The first kappa shape index (κ1) is 14.7. The van der Waals surface area contributed by atoms with Gasteiger partial charge in [0.25, 0.3) is 0 Å². The number of β-amino-alcohol motifs (C(OH)–C–C–N with tert-alkyl or cyclic N) is 1. The normalized spacial score (nSPS) is 19.0. The molecule has 0 bridgehead atoms. The molecule has 1 aromatic carbocycles. The highest BCUT2D eigenvalue weighted by Crippen LogP contribution is 2.10. The fraction of sp³-hybridized carbons (Fsp3) is 0.500. The molecule has 2 N–H and O–H groups in total. The zero-order chi connectivity index (χ0) is 14.4. The number of benzene rings is 1. The van der Waals surface area contributed by atoms with E-state index in [0.717, 1.165) is 13.0 Å². The van der Waals surface area contributed by atoms with Crippen LogP contribution in [0.2, 0.25) is 0 Å². The van der Waals surface area contributed by atoms with Gasteiger partial charge in [0, 0.05) is 13.1 Å². The van der Waals surface area contributed by atoms with Gasteiger partial charge in [-0.15, -0.1) is 0 Å². The molecule has 1 aliphatic rings. The number of ether oxygens (including phenoxy) is 1. The Labute approximate surface area is 117 Å². The Morgan fingerprint density at radius 3 is 2.85 bits per heavy atom. The van der Waals surface area contributed by atoms with E-state index in [0.29, 0.717) is 32.0 Å². The van der Waals surface area contributed by atoms with Crippen molar-refractivity contribution < 1.29 is 19.0 Å². The van der Waals surface area contributed by atoms with Crippen LogP contribution in [0, 0.1) is 5.82 Å². The number of nitrogens with one attached hydrogen (secondary N) is 1. The lowest BCUT2D eigenvalue weighted by molar-refractivity contribution is -0.122. The van der Waals surface area contributed by atoms with Gasteiger partial charge in [0.15, 0.2) is 0 Å². The van der Waals surface area contributed by atoms with Crippen LogP contribution in [0.4, 0.5) is 4.39 Å². The van der Waals surface area contributed by atoms with Gasteiger partial charge >= 0.3 is 0 Å². The van der Waals surface area contributed by atoms with Crippen LogP contribution in [0.25, 0.3) is 0 Å². The number of nitrogens with zero attached hydrogens (tertiary/aromatic N) is 1. The zero-order valence-corrected chi connectivity index (χ0v) is 11.2. The number of rotatable bonds is 6. The monoisotopic (exact) mass is 282 g/mol. The highest BCUT2D eigenvalue weighted by atomic mass is 19.1. The number of halogens is 1. The van der Waals surface area contributed by atoms with Gasteiger partial charge in [-0.1, -0.05) is 0 Å². The smallest absolute Gasteiger partial charge is 0.234 e. The summed E-state index contributed by atoms with van der Waals surface area (Å²) < 4.78 is 18.0. The van der Waals surface area contributed by atoms with Crippen molar-refractivity contribution in [1.82, 2.24) is 10.2 Å². The van der Waals surface area contributed by atoms with Gasteiger partial charge in [-0.3, -0.25) is 9.69 Å². The first-order valence-electron chi connectivity index (χ1n) is 6.69. The van der Waals surface area contributed by atoms with Crippen LogP contribution in [-0.2, 0) is 4.79 Å². The zero-order valence-electron chi connectivity index (χ0n) is 11.2. The van der Waals surface area contributed by atoms with E-state index in [2.05, 4.69) is 5.32 Å². The van der Waals surface area contributed by atoms with Gasteiger partial charge in [-0.2, -0.15) is 0 Å².